The Labute approximate surface area is 222 Å². The summed E-state index contributed by atoms with van der Waals surface area (Å²) in [6, 6.07) is 13.9. The molecule has 0 radical (unpaired) electrons. The molecule has 1 aliphatic heterocycles. The normalized spacial score (nSPS) is 16.3. The zero-order valence-corrected chi connectivity index (χ0v) is 22.8. The molecule has 2 aromatic carbocycles. The van der Waals surface area contributed by atoms with Crippen molar-refractivity contribution in [1.82, 2.24) is 0 Å². The van der Waals surface area contributed by atoms with Crippen molar-refractivity contribution in [2.24, 2.45) is 10.2 Å². The quantitative estimate of drug-likeness (QED) is 0.243. The van der Waals surface area contributed by atoms with Gasteiger partial charge in [-0.3, -0.25) is 0 Å². The summed E-state index contributed by atoms with van der Waals surface area (Å²) in [6.45, 7) is 5.16. The van der Waals surface area contributed by atoms with E-state index < -0.39 is 0 Å². The molecule has 1 aliphatic rings. The molecule has 2 aromatic rings. The summed E-state index contributed by atoms with van der Waals surface area (Å²) in [6.07, 6.45) is 6.19. The van der Waals surface area contributed by atoms with E-state index in [4.69, 9.17) is 23.7 Å². The average molecular weight is 515 g/mol. The molecular formula is C29H44N3O5+. The van der Waals surface area contributed by atoms with Gasteiger partial charge in [-0.25, -0.2) is 0 Å². The predicted octanol–water partition coefficient (Wildman–Crippen LogP) is 5.73. The van der Waals surface area contributed by atoms with Crippen LogP contribution in [0.1, 0.15) is 31.2 Å². The van der Waals surface area contributed by atoms with Gasteiger partial charge in [0.05, 0.1) is 78.7 Å². The number of unbranched alkanes of at least 4 members (excludes halogenated alkanes) is 3. The molecule has 0 aliphatic carbocycles. The lowest BCUT2D eigenvalue weighted by Gasteiger charge is -2.23. The number of hydrogen-bond donors (Lipinski definition) is 0. The van der Waals surface area contributed by atoms with Crippen molar-refractivity contribution in [3.63, 3.8) is 0 Å². The molecule has 204 valence electrons. The summed E-state index contributed by atoms with van der Waals surface area (Å²) in [4.78, 5) is 0. The predicted molar refractivity (Wildman–Crippen MR) is 146 cm³/mol. The Hall–Kier alpha value is -2.52. The number of benzene rings is 2. The van der Waals surface area contributed by atoms with Crippen molar-refractivity contribution in [1.29, 1.82) is 0 Å². The molecule has 0 N–H and O–H groups in total. The maximum atomic E-state index is 5.92. The number of hydrogen-bond acceptors (Lipinski definition) is 7. The molecule has 0 amide bonds. The number of nitrogens with zero attached hydrogens (tertiary/aromatic N) is 3. The molecule has 0 saturated carbocycles. The van der Waals surface area contributed by atoms with Crippen LogP contribution in [0.2, 0.25) is 0 Å². The van der Waals surface area contributed by atoms with Crippen LogP contribution in [0.25, 0.3) is 0 Å². The second kappa shape index (κ2) is 16.3. The molecule has 0 unspecified atom stereocenters. The van der Waals surface area contributed by atoms with Crippen LogP contribution >= 0.6 is 0 Å². The van der Waals surface area contributed by atoms with Crippen molar-refractivity contribution in [2.75, 3.05) is 80.5 Å². The molecule has 0 saturated heterocycles. The third-order valence-electron chi connectivity index (χ3n) is 5.90. The highest BCUT2D eigenvalue weighted by molar-refractivity contribution is 5.52. The van der Waals surface area contributed by atoms with Crippen LogP contribution in [-0.4, -0.2) is 85.0 Å². The van der Waals surface area contributed by atoms with E-state index >= 15 is 0 Å². The Morgan fingerprint density at radius 1 is 0.595 bits per heavy atom. The number of aryl methyl sites for hydroxylation is 1. The maximum Gasteiger partial charge on any atom is 0.163 e. The van der Waals surface area contributed by atoms with E-state index in [2.05, 4.69) is 43.5 Å². The molecule has 37 heavy (non-hydrogen) atoms. The lowest BCUT2D eigenvalue weighted by atomic mass is 10.1. The van der Waals surface area contributed by atoms with Crippen LogP contribution in [0, 0.1) is 0 Å². The van der Waals surface area contributed by atoms with E-state index in [0.717, 1.165) is 16.6 Å². The van der Waals surface area contributed by atoms with Gasteiger partial charge in [-0.1, -0.05) is 18.6 Å². The van der Waals surface area contributed by atoms with Crippen molar-refractivity contribution in [3.05, 3.63) is 48.0 Å². The number of fused-ring (bicyclic) bond motifs is 1. The van der Waals surface area contributed by atoms with Crippen molar-refractivity contribution < 1.29 is 28.2 Å². The summed E-state index contributed by atoms with van der Waals surface area (Å²) in [5, 5.41) is 8.83. The Bertz CT molecular complexity index is 928. The highest BCUT2D eigenvalue weighted by atomic mass is 16.6. The Balaban J connectivity index is 1.50. The minimum atomic E-state index is 0.407. The van der Waals surface area contributed by atoms with Crippen molar-refractivity contribution in [3.8, 4) is 11.5 Å². The number of ether oxygens (including phenoxy) is 5. The van der Waals surface area contributed by atoms with Crippen molar-refractivity contribution >= 4 is 11.4 Å². The van der Waals surface area contributed by atoms with Gasteiger partial charge in [0.25, 0.3) is 0 Å². The summed E-state index contributed by atoms with van der Waals surface area (Å²) in [7, 11) is 6.76. The van der Waals surface area contributed by atoms with Gasteiger partial charge >= 0.3 is 0 Å². The highest BCUT2D eigenvalue weighted by Crippen LogP contribution is 2.32. The zero-order valence-electron chi connectivity index (χ0n) is 22.8. The van der Waals surface area contributed by atoms with E-state index in [1.54, 1.807) is 0 Å². The van der Waals surface area contributed by atoms with Gasteiger partial charge in [-0.2, -0.15) is 10.2 Å². The van der Waals surface area contributed by atoms with Crippen LogP contribution in [0.4, 0.5) is 11.4 Å². The van der Waals surface area contributed by atoms with Crippen LogP contribution in [0.3, 0.4) is 0 Å². The Morgan fingerprint density at radius 2 is 1.14 bits per heavy atom. The molecule has 8 heteroatoms. The molecule has 0 atom stereocenters. The van der Waals surface area contributed by atoms with E-state index in [9.17, 15) is 0 Å². The standard InChI is InChI=1S/C29H44N3O5/c1-32(2,3)15-7-5-4-6-8-25-9-11-26(12-10-25)30-31-27-13-14-28-29(24-27)37-23-21-35-19-17-33-16-18-34-20-22-36-28/h9-14,24H,4-8,15-23H2,1-3H3/q+1. The topological polar surface area (TPSA) is 70.9 Å². The summed E-state index contributed by atoms with van der Waals surface area (Å²) >= 11 is 0. The van der Waals surface area contributed by atoms with Gasteiger partial charge in [0.1, 0.15) is 13.2 Å². The summed E-state index contributed by atoms with van der Waals surface area (Å²) in [5.74, 6) is 1.26. The van der Waals surface area contributed by atoms with E-state index in [-0.39, 0.29) is 0 Å². The zero-order chi connectivity index (χ0) is 26.2. The number of azo groups is 1. The fourth-order valence-electron chi connectivity index (χ4n) is 3.87. The molecule has 0 bridgehead atoms. The first-order valence-electron chi connectivity index (χ1n) is 13.4. The maximum absolute atomic E-state index is 5.92. The van der Waals surface area contributed by atoms with Gasteiger partial charge in [0.15, 0.2) is 11.5 Å². The summed E-state index contributed by atoms with van der Waals surface area (Å²) in [5.41, 5.74) is 2.87. The Morgan fingerprint density at radius 3 is 1.78 bits per heavy atom. The fraction of sp³-hybridized carbons (Fsp3) is 0.586. The summed E-state index contributed by atoms with van der Waals surface area (Å²) < 4.78 is 29.3. The van der Waals surface area contributed by atoms with E-state index in [0.29, 0.717) is 70.0 Å². The second-order valence-electron chi connectivity index (χ2n) is 10.2. The molecule has 0 spiro atoms. The molecule has 1 heterocycles. The lowest BCUT2D eigenvalue weighted by molar-refractivity contribution is -0.870. The minimum Gasteiger partial charge on any atom is -0.487 e. The first kappa shape index (κ1) is 29.0. The molecular weight excluding hydrogens is 470 g/mol. The first-order chi connectivity index (χ1) is 18.0. The SMILES string of the molecule is C[N+](C)(C)CCCCCCc1ccc(N=Nc2ccc3c(c2)OCCOCCOCCOCCO3)cc1. The highest BCUT2D eigenvalue weighted by Gasteiger charge is 2.09. The largest absolute Gasteiger partial charge is 0.487 e. The van der Waals surface area contributed by atoms with Crippen molar-refractivity contribution in [2.45, 2.75) is 32.1 Å². The second-order valence-corrected chi connectivity index (χ2v) is 10.2. The Kier molecular flexibility index (Phi) is 12.8. The lowest BCUT2D eigenvalue weighted by Crippen LogP contribution is -2.35. The molecule has 8 nitrogen and oxygen atoms in total. The number of quaternary nitrogens is 1. The van der Waals surface area contributed by atoms with Crippen LogP contribution in [0.15, 0.2) is 52.7 Å². The smallest absolute Gasteiger partial charge is 0.163 e. The van der Waals surface area contributed by atoms with Crippen LogP contribution in [-0.2, 0) is 20.6 Å². The first-order valence-corrected chi connectivity index (χ1v) is 13.4. The van der Waals surface area contributed by atoms with Crippen LogP contribution in [0.5, 0.6) is 11.5 Å². The molecule has 0 aromatic heterocycles. The van der Waals surface area contributed by atoms with Crippen LogP contribution < -0.4 is 9.47 Å². The monoisotopic (exact) mass is 514 g/mol. The fourth-order valence-corrected chi connectivity index (χ4v) is 3.87. The minimum absolute atomic E-state index is 0.407. The van der Waals surface area contributed by atoms with Gasteiger partial charge in [0, 0.05) is 6.07 Å². The van der Waals surface area contributed by atoms with Gasteiger partial charge in [-0.05, 0) is 55.5 Å². The van der Waals surface area contributed by atoms with Gasteiger partial charge < -0.3 is 28.2 Å². The molecule has 0 fully saturated rings. The van der Waals surface area contributed by atoms with E-state index in [1.165, 1.54) is 37.8 Å². The van der Waals surface area contributed by atoms with Gasteiger partial charge in [-0.15, -0.1) is 0 Å². The van der Waals surface area contributed by atoms with E-state index in [1.807, 2.05) is 30.3 Å². The van der Waals surface area contributed by atoms with Gasteiger partial charge in [0.2, 0.25) is 0 Å². The number of rotatable bonds is 9. The third-order valence-corrected chi connectivity index (χ3v) is 5.90. The molecule has 3 rings (SSSR count). The third kappa shape index (κ3) is 12.5. The average Bonchev–Trinajstić information content (AvgIpc) is 2.89.